The molecule has 0 spiro atoms. The number of likely N-dealkylation sites (tertiary alicyclic amines) is 2. The van der Waals surface area contributed by atoms with Gasteiger partial charge in [-0.25, -0.2) is 0 Å². The van der Waals surface area contributed by atoms with Crippen LogP contribution in [0.15, 0.2) is 65.7 Å². The Kier molecular flexibility index (Phi) is 30.8. The van der Waals surface area contributed by atoms with E-state index in [0.717, 1.165) is 11.8 Å². The van der Waals surface area contributed by atoms with E-state index in [4.69, 9.17) is 17.2 Å². The van der Waals surface area contributed by atoms with E-state index in [-0.39, 0.29) is 102 Å². The fourth-order valence-corrected chi connectivity index (χ4v) is 11.6. The van der Waals surface area contributed by atoms with Crippen molar-refractivity contribution in [2.45, 2.75) is 210 Å². The molecule has 540 valence electrons. The first-order valence-electron chi connectivity index (χ1n) is 33.0. The Morgan fingerprint density at radius 1 is 0.520 bits per heavy atom. The summed E-state index contributed by atoms with van der Waals surface area (Å²) in [6.07, 6.45) is -4.07. The number of aliphatic hydroxyl groups excluding tert-OH is 4. The number of benzene rings is 2. The Bertz CT molecular complexity index is 3150. The van der Waals surface area contributed by atoms with Gasteiger partial charge >= 0.3 is 0 Å². The fourth-order valence-electron chi connectivity index (χ4n) is 11.6. The third kappa shape index (κ3) is 23.5. The normalized spacial score (nSPS) is 19.6. The fraction of sp³-hybridized carbons (Fsp3) is 0.600. The number of nitrogens with zero attached hydrogens (tertiary/aromatic N) is 3. The zero-order chi connectivity index (χ0) is 72.7. The molecular formula is C65H98N16O17. The highest BCUT2D eigenvalue weighted by molar-refractivity contribution is 6.00. The molecule has 98 heavy (non-hydrogen) atoms. The van der Waals surface area contributed by atoms with Crippen LogP contribution < -0.4 is 70.4 Å². The van der Waals surface area contributed by atoms with Crippen LogP contribution in [0.5, 0.6) is 0 Å². The topological polar surface area (TPSA) is 520 Å². The van der Waals surface area contributed by atoms with Crippen molar-refractivity contribution >= 4 is 82.8 Å². The van der Waals surface area contributed by atoms with Crippen molar-refractivity contribution in [2.75, 3.05) is 26.2 Å². The molecule has 3 aliphatic heterocycles. The molecule has 3 saturated heterocycles. The molecule has 3 aliphatic rings. The van der Waals surface area contributed by atoms with Gasteiger partial charge in [-0.2, -0.15) is 0 Å². The van der Waals surface area contributed by atoms with Crippen LogP contribution in [-0.4, -0.2) is 230 Å². The van der Waals surface area contributed by atoms with Crippen LogP contribution in [0.25, 0.3) is 0 Å². The average molecular weight is 1380 g/mol. The van der Waals surface area contributed by atoms with E-state index in [1.54, 1.807) is 74.5 Å². The van der Waals surface area contributed by atoms with Crippen LogP contribution in [0.4, 0.5) is 0 Å². The first-order valence-corrected chi connectivity index (χ1v) is 33.0. The Morgan fingerprint density at radius 3 is 1.39 bits per heavy atom. The Morgan fingerprint density at radius 2 is 0.949 bits per heavy atom. The quantitative estimate of drug-likeness (QED) is 0.0172. The highest BCUT2D eigenvalue weighted by Gasteiger charge is 2.44. The van der Waals surface area contributed by atoms with E-state index in [9.17, 15) is 82.8 Å². The molecule has 3 heterocycles. The summed E-state index contributed by atoms with van der Waals surface area (Å²) < 4.78 is 0. The van der Waals surface area contributed by atoms with Gasteiger partial charge in [0.2, 0.25) is 76.8 Å². The van der Waals surface area contributed by atoms with Crippen LogP contribution in [-0.2, 0) is 75.2 Å². The molecule has 33 nitrogen and oxygen atoms in total. The maximum absolute atomic E-state index is 14.6. The van der Waals surface area contributed by atoms with Gasteiger partial charge in [-0.05, 0) is 95.1 Å². The summed E-state index contributed by atoms with van der Waals surface area (Å²) in [6, 6.07) is -0.637. The molecular weight excluding hydrogens is 1280 g/mol. The summed E-state index contributed by atoms with van der Waals surface area (Å²) in [7, 11) is 0. The minimum Gasteiger partial charge on any atom is -0.394 e. The average Bonchev–Trinajstić information content (AvgIpc) is 1.66. The van der Waals surface area contributed by atoms with Crippen LogP contribution in [0.3, 0.4) is 0 Å². The SMILES string of the molecule is CC(C)C[C@H](NC(=O)[C@H](CCCN=C(N)N)NC(=O)[C@@H]1CCCN1C(=O)[C@@H](NC(=O)[C@H](Cc1ccccc1)NC(=O)[C@@H](NC(=O)[C@H](Cc1ccccc1)NC(=O)[C@@H](NC(=O)[C@@H]1CCCN1C(=O)[C@@H](NC(=O)[C@H](CO)NC(=O)[C@@H]1CCC(=O)N1)C(C)C)[C@@H](C)O)[C@@H](C)O)[C@@H](C)O)C(N)=O. The second-order valence-electron chi connectivity index (χ2n) is 25.8. The second-order valence-corrected chi connectivity index (χ2v) is 25.8. The van der Waals surface area contributed by atoms with E-state index in [0.29, 0.717) is 17.5 Å². The first kappa shape index (κ1) is 79.3. The van der Waals surface area contributed by atoms with Gasteiger partial charge in [-0.3, -0.25) is 67.3 Å². The molecule has 5 rings (SSSR count). The predicted molar refractivity (Wildman–Crippen MR) is 354 cm³/mol. The van der Waals surface area contributed by atoms with Crippen molar-refractivity contribution < 1.29 is 82.8 Å². The number of amides is 13. The Labute approximate surface area is 568 Å². The number of primary amides is 1. The smallest absolute Gasteiger partial charge is 0.248 e. The number of rotatable bonds is 36. The highest BCUT2D eigenvalue weighted by atomic mass is 16.3. The molecule has 3 fully saturated rings. The summed E-state index contributed by atoms with van der Waals surface area (Å²) >= 11 is 0. The van der Waals surface area contributed by atoms with Crippen LogP contribution >= 0.6 is 0 Å². The zero-order valence-electron chi connectivity index (χ0n) is 56.4. The number of carbonyl (C=O) groups is 13. The molecule has 0 bridgehead atoms. The van der Waals surface area contributed by atoms with Crippen molar-refractivity contribution in [3.63, 3.8) is 0 Å². The number of nitrogens with two attached hydrogens (primary N) is 3. The predicted octanol–water partition coefficient (Wildman–Crippen LogP) is -5.53. The second kappa shape index (κ2) is 38.0. The standard InChI is InChI=1S/C65H98N16O17/c1-33(2)29-42(53(66)87)72-54(88)40(21-14-26-69-65(67)68)71-59(93)46-22-15-28-81(46)64(98)52(37(7)85)79-57(91)44(31-39-19-12-9-13-20-39)74-61(95)50(35(5)83)77-56(90)43(30-38-17-10-8-11-18-38)73-62(96)51(36(6)84)78-60(94)47-23-16-27-80(47)63(97)49(34(3)4)76-58(92)45(32-82)75-55(89)41-24-25-48(86)70-41/h8-13,17-20,33-37,40-47,49-52,82-85H,14-16,21-32H2,1-7H3,(H2,66,87)(H,70,86)(H,71,93)(H,72,88)(H,73,96)(H,74,95)(H,75,89)(H,76,92)(H,77,90)(H,78,94)(H,79,91)(H4,67,68,69)/t35-,36-,37-,40+,41+,42+,43+,44+,45+,46+,47+,49+,50+,51+,52+/m1/s1. The molecule has 0 radical (unpaired) electrons. The number of hydrogen-bond acceptors (Lipinski definition) is 18. The molecule has 0 aromatic heterocycles. The molecule has 33 heteroatoms. The molecule has 20 N–H and O–H groups in total. The highest BCUT2D eigenvalue weighted by Crippen LogP contribution is 2.23. The van der Waals surface area contributed by atoms with Gasteiger partial charge in [0.1, 0.15) is 72.5 Å². The van der Waals surface area contributed by atoms with E-state index >= 15 is 0 Å². The summed E-state index contributed by atoms with van der Waals surface area (Å²) in [6.45, 7) is 9.68. The van der Waals surface area contributed by atoms with Crippen molar-refractivity contribution in [1.82, 2.24) is 63.0 Å². The van der Waals surface area contributed by atoms with E-state index in [2.05, 4.69) is 58.2 Å². The van der Waals surface area contributed by atoms with Gasteiger partial charge in [-0.15, -0.1) is 0 Å². The van der Waals surface area contributed by atoms with E-state index in [1.165, 1.54) is 18.7 Å². The Balaban J connectivity index is 1.32. The van der Waals surface area contributed by atoms with Gasteiger partial charge in [0.25, 0.3) is 0 Å². The van der Waals surface area contributed by atoms with Gasteiger partial charge < -0.3 is 101 Å². The summed E-state index contributed by atoms with van der Waals surface area (Å²) in [5.74, 6) is -12.0. The third-order valence-corrected chi connectivity index (χ3v) is 17.0. The maximum atomic E-state index is 14.6. The lowest BCUT2D eigenvalue weighted by Gasteiger charge is -2.32. The van der Waals surface area contributed by atoms with Crippen molar-refractivity contribution in [2.24, 2.45) is 34.0 Å². The molecule has 0 aliphatic carbocycles. The van der Waals surface area contributed by atoms with Crippen LogP contribution in [0.2, 0.25) is 0 Å². The summed E-state index contributed by atoms with van der Waals surface area (Å²) in [5, 5.41) is 68.8. The van der Waals surface area contributed by atoms with Gasteiger partial charge in [0.15, 0.2) is 5.96 Å². The van der Waals surface area contributed by atoms with Gasteiger partial charge in [0, 0.05) is 38.9 Å². The lowest BCUT2D eigenvalue weighted by Crippen LogP contribution is -2.64. The maximum Gasteiger partial charge on any atom is 0.248 e. The Hall–Kier alpha value is -9.34. The first-order chi connectivity index (χ1) is 46.3. The number of guanidine groups is 1. The molecule has 0 saturated carbocycles. The number of aliphatic hydroxyl groups is 4. The molecule has 15 atom stereocenters. The monoisotopic (exact) mass is 1370 g/mol. The minimum atomic E-state index is -1.87. The molecule has 2 aromatic rings. The molecule has 2 aromatic carbocycles. The summed E-state index contributed by atoms with van der Waals surface area (Å²) in [5.41, 5.74) is 17.5. The van der Waals surface area contributed by atoms with E-state index in [1.807, 2.05) is 13.8 Å². The summed E-state index contributed by atoms with van der Waals surface area (Å²) in [4.78, 5) is 186. The lowest BCUT2D eigenvalue weighted by molar-refractivity contribution is -0.144. The third-order valence-electron chi connectivity index (χ3n) is 17.0. The van der Waals surface area contributed by atoms with E-state index < -0.39 is 174 Å². The number of hydrogen-bond donors (Lipinski definition) is 17. The van der Waals surface area contributed by atoms with Crippen molar-refractivity contribution in [3.8, 4) is 0 Å². The lowest BCUT2D eigenvalue weighted by atomic mass is 10.0. The minimum absolute atomic E-state index is 0.00786. The zero-order valence-corrected chi connectivity index (χ0v) is 56.4. The number of aliphatic imine (C=N–C) groups is 1. The largest absolute Gasteiger partial charge is 0.394 e. The van der Waals surface area contributed by atoms with Gasteiger partial charge in [-0.1, -0.05) is 88.4 Å². The van der Waals surface area contributed by atoms with Gasteiger partial charge in [0.05, 0.1) is 24.9 Å². The van der Waals surface area contributed by atoms with Crippen molar-refractivity contribution in [3.05, 3.63) is 71.8 Å². The molecule has 0 unspecified atom stereocenters. The van der Waals surface area contributed by atoms with Crippen LogP contribution in [0, 0.1) is 11.8 Å². The van der Waals surface area contributed by atoms with Crippen molar-refractivity contribution in [1.29, 1.82) is 0 Å². The molecule has 13 amide bonds. The van der Waals surface area contributed by atoms with Crippen LogP contribution in [0.1, 0.15) is 117 Å². The number of carbonyl (C=O) groups excluding carboxylic acids is 13. The number of nitrogens with one attached hydrogen (secondary N) is 10.